The van der Waals surface area contributed by atoms with Crippen LogP contribution in [0.4, 0.5) is 0 Å². The minimum Gasteiger partial charge on any atom is -0.285 e. The summed E-state index contributed by atoms with van der Waals surface area (Å²) in [6, 6.07) is 10.2. The lowest BCUT2D eigenvalue weighted by atomic mass is 10.1. The van der Waals surface area contributed by atoms with Gasteiger partial charge in [0, 0.05) is 11.8 Å². The standard InChI is InChI=1S/C16H24N2/c1-15(2,3)17-12-14(18-16(4,5)6)13-10-8-7-9-11-13/h7-12H,1-6H3/b17-12+,18-14-. The van der Waals surface area contributed by atoms with Crippen LogP contribution >= 0.6 is 0 Å². The number of rotatable bonds is 2. The van der Waals surface area contributed by atoms with Crippen LogP contribution in [0.5, 0.6) is 0 Å². The number of aliphatic imine (C=N–C) groups is 2. The molecule has 98 valence electrons. The summed E-state index contributed by atoms with van der Waals surface area (Å²) in [4.78, 5) is 9.31. The monoisotopic (exact) mass is 244 g/mol. The van der Waals surface area contributed by atoms with E-state index < -0.39 is 0 Å². The van der Waals surface area contributed by atoms with Crippen molar-refractivity contribution in [1.29, 1.82) is 0 Å². The molecule has 0 unspecified atom stereocenters. The minimum atomic E-state index is -0.102. The molecule has 2 nitrogen and oxygen atoms in total. The molecule has 0 aromatic heterocycles. The average Bonchev–Trinajstić information content (AvgIpc) is 2.23. The van der Waals surface area contributed by atoms with Gasteiger partial charge in [-0.3, -0.25) is 9.98 Å². The smallest absolute Gasteiger partial charge is 0.0831 e. The predicted octanol–water partition coefficient (Wildman–Crippen LogP) is 4.14. The predicted molar refractivity (Wildman–Crippen MR) is 81.0 cm³/mol. The largest absolute Gasteiger partial charge is 0.285 e. The molecule has 0 aliphatic rings. The van der Waals surface area contributed by atoms with Crippen LogP contribution in [0, 0.1) is 0 Å². The van der Waals surface area contributed by atoms with Crippen molar-refractivity contribution in [2.24, 2.45) is 9.98 Å². The number of benzene rings is 1. The molecule has 0 saturated heterocycles. The molecule has 18 heavy (non-hydrogen) atoms. The Balaban J connectivity index is 3.13. The lowest BCUT2D eigenvalue weighted by molar-refractivity contribution is 0.581. The van der Waals surface area contributed by atoms with Gasteiger partial charge >= 0.3 is 0 Å². The molecule has 0 bridgehead atoms. The van der Waals surface area contributed by atoms with Crippen molar-refractivity contribution in [2.75, 3.05) is 0 Å². The summed E-state index contributed by atoms with van der Waals surface area (Å²) in [5, 5.41) is 0. The molecule has 0 saturated carbocycles. The highest BCUT2D eigenvalue weighted by Gasteiger charge is 2.12. The lowest BCUT2D eigenvalue weighted by Crippen LogP contribution is -2.18. The summed E-state index contributed by atoms with van der Waals surface area (Å²) in [5.74, 6) is 0. The molecule has 0 amide bonds. The van der Waals surface area contributed by atoms with Crippen molar-refractivity contribution in [3.05, 3.63) is 35.9 Å². The van der Waals surface area contributed by atoms with Gasteiger partial charge in [0.2, 0.25) is 0 Å². The van der Waals surface area contributed by atoms with Gasteiger partial charge in [-0.1, -0.05) is 30.3 Å². The molecule has 1 aromatic rings. The van der Waals surface area contributed by atoms with Crippen molar-refractivity contribution in [3.63, 3.8) is 0 Å². The van der Waals surface area contributed by atoms with Crippen molar-refractivity contribution >= 4 is 11.9 Å². The van der Waals surface area contributed by atoms with Crippen LogP contribution in [0.15, 0.2) is 40.3 Å². The minimum absolute atomic E-state index is 0.0760. The lowest BCUT2D eigenvalue weighted by Gasteiger charge is -2.16. The van der Waals surface area contributed by atoms with Gasteiger partial charge in [-0.15, -0.1) is 0 Å². The highest BCUT2D eigenvalue weighted by atomic mass is 14.9. The summed E-state index contributed by atoms with van der Waals surface area (Å²) in [6.07, 6.45) is 1.89. The summed E-state index contributed by atoms with van der Waals surface area (Å²) in [6.45, 7) is 12.6. The topological polar surface area (TPSA) is 24.7 Å². The summed E-state index contributed by atoms with van der Waals surface area (Å²) < 4.78 is 0. The second kappa shape index (κ2) is 5.47. The molecular formula is C16H24N2. The van der Waals surface area contributed by atoms with Crippen LogP contribution in [0.3, 0.4) is 0 Å². The Labute approximate surface area is 111 Å². The molecule has 0 fully saturated rings. The zero-order valence-electron chi connectivity index (χ0n) is 12.4. The quantitative estimate of drug-likeness (QED) is 0.698. The second-order valence-electron chi connectivity index (χ2n) is 6.46. The molecule has 2 heteroatoms. The Kier molecular flexibility index (Phi) is 4.44. The van der Waals surface area contributed by atoms with Gasteiger partial charge in [0.1, 0.15) is 0 Å². The van der Waals surface area contributed by atoms with Crippen LogP contribution in [-0.2, 0) is 0 Å². The van der Waals surface area contributed by atoms with Crippen molar-refractivity contribution in [1.82, 2.24) is 0 Å². The van der Waals surface area contributed by atoms with E-state index in [9.17, 15) is 0 Å². The molecule has 0 spiro atoms. The Morgan fingerprint density at radius 3 is 1.89 bits per heavy atom. The molecule has 0 aliphatic heterocycles. The van der Waals surface area contributed by atoms with E-state index in [0.29, 0.717) is 0 Å². The third kappa shape index (κ3) is 5.76. The fourth-order valence-corrected chi connectivity index (χ4v) is 1.39. The molecular weight excluding hydrogens is 220 g/mol. The normalized spacial score (nSPS) is 14.2. The molecule has 1 aromatic carbocycles. The van der Waals surface area contributed by atoms with E-state index in [1.807, 2.05) is 24.4 Å². The highest BCUT2D eigenvalue weighted by molar-refractivity contribution is 6.38. The van der Waals surface area contributed by atoms with Crippen molar-refractivity contribution < 1.29 is 0 Å². The van der Waals surface area contributed by atoms with Crippen LogP contribution in [0.1, 0.15) is 47.1 Å². The van der Waals surface area contributed by atoms with E-state index in [0.717, 1.165) is 11.3 Å². The number of hydrogen-bond acceptors (Lipinski definition) is 2. The van der Waals surface area contributed by atoms with E-state index in [2.05, 4.69) is 58.7 Å². The Morgan fingerprint density at radius 2 is 1.44 bits per heavy atom. The maximum Gasteiger partial charge on any atom is 0.0831 e. The van der Waals surface area contributed by atoms with Crippen LogP contribution in [0.25, 0.3) is 0 Å². The van der Waals surface area contributed by atoms with Gasteiger partial charge in [0.25, 0.3) is 0 Å². The first kappa shape index (κ1) is 14.6. The van der Waals surface area contributed by atoms with E-state index in [1.54, 1.807) is 0 Å². The Hall–Kier alpha value is -1.44. The van der Waals surface area contributed by atoms with E-state index in [-0.39, 0.29) is 11.1 Å². The fourth-order valence-electron chi connectivity index (χ4n) is 1.39. The first-order chi connectivity index (χ1) is 8.17. The van der Waals surface area contributed by atoms with Crippen molar-refractivity contribution in [2.45, 2.75) is 52.6 Å². The summed E-state index contributed by atoms with van der Waals surface area (Å²) in [7, 11) is 0. The maximum atomic E-state index is 4.75. The Bertz CT molecular complexity index is 428. The van der Waals surface area contributed by atoms with Gasteiger partial charge in [-0.25, -0.2) is 0 Å². The molecule has 0 heterocycles. The van der Waals surface area contributed by atoms with E-state index in [1.165, 1.54) is 0 Å². The van der Waals surface area contributed by atoms with Gasteiger partial charge < -0.3 is 0 Å². The van der Waals surface area contributed by atoms with Gasteiger partial charge in [0.15, 0.2) is 0 Å². The third-order valence-corrected chi connectivity index (χ3v) is 2.10. The first-order valence-corrected chi connectivity index (χ1v) is 6.38. The molecule has 0 atom stereocenters. The van der Waals surface area contributed by atoms with Crippen molar-refractivity contribution in [3.8, 4) is 0 Å². The SMILES string of the molecule is CC(C)(C)/N=C/C(=N/C(C)(C)C)c1ccccc1. The number of hydrogen-bond donors (Lipinski definition) is 0. The first-order valence-electron chi connectivity index (χ1n) is 6.38. The van der Waals surface area contributed by atoms with Crippen LogP contribution in [-0.4, -0.2) is 23.0 Å². The molecule has 0 radical (unpaired) electrons. The van der Waals surface area contributed by atoms with Gasteiger partial charge in [0.05, 0.1) is 16.8 Å². The third-order valence-electron chi connectivity index (χ3n) is 2.10. The van der Waals surface area contributed by atoms with E-state index in [4.69, 9.17) is 4.99 Å². The molecule has 0 aliphatic carbocycles. The highest BCUT2D eigenvalue weighted by Crippen LogP contribution is 2.12. The van der Waals surface area contributed by atoms with E-state index >= 15 is 0 Å². The summed E-state index contributed by atoms with van der Waals surface area (Å²) in [5.41, 5.74) is 1.88. The Morgan fingerprint density at radius 1 is 0.889 bits per heavy atom. The van der Waals surface area contributed by atoms with Crippen LogP contribution in [0.2, 0.25) is 0 Å². The van der Waals surface area contributed by atoms with Gasteiger partial charge in [-0.2, -0.15) is 0 Å². The van der Waals surface area contributed by atoms with Gasteiger partial charge in [-0.05, 0) is 41.5 Å². The zero-order valence-corrected chi connectivity index (χ0v) is 12.4. The molecule has 1 rings (SSSR count). The summed E-state index contributed by atoms with van der Waals surface area (Å²) >= 11 is 0. The molecule has 0 N–H and O–H groups in total. The zero-order chi connectivity index (χ0) is 13.8. The average molecular weight is 244 g/mol. The fraction of sp³-hybridized carbons (Fsp3) is 0.500. The maximum absolute atomic E-state index is 4.75. The second-order valence-corrected chi connectivity index (χ2v) is 6.46. The van der Waals surface area contributed by atoms with Crippen LogP contribution < -0.4 is 0 Å². The number of nitrogens with zero attached hydrogens (tertiary/aromatic N) is 2.